The van der Waals surface area contributed by atoms with E-state index in [0.29, 0.717) is 19.6 Å². The van der Waals surface area contributed by atoms with Crippen molar-refractivity contribution in [2.75, 3.05) is 13.2 Å². The monoisotopic (exact) mass is 234 g/mol. The molecule has 2 rings (SSSR count). The van der Waals surface area contributed by atoms with E-state index in [-0.39, 0.29) is 11.7 Å². The summed E-state index contributed by atoms with van der Waals surface area (Å²) >= 11 is 0. The average molecular weight is 234 g/mol. The molecule has 0 fully saturated rings. The molecular formula is C14H18O3. The fourth-order valence-corrected chi connectivity index (χ4v) is 2.36. The van der Waals surface area contributed by atoms with Gasteiger partial charge in [-0.2, -0.15) is 0 Å². The Morgan fingerprint density at radius 1 is 1.47 bits per heavy atom. The van der Waals surface area contributed by atoms with Crippen LogP contribution < -0.4 is 0 Å². The third kappa shape index (κ3) is 2.73. The Morgan fingerprint density at radius 3 is 2.94 bits per heavy atom. The van der Waals surface area contributed by atoms with Gasteiger partial charge in [-0.25, -0.2) is 0 Å². The van der Waals surface area contributed by atoms with Crippen LogP contribution in [0.1, 0.15) is 29.3 Å². The zero-order valence-electron chi connectivity index (χ0n) is 10.1. The minimum atomic E-state index is -0.543. The van der Waals surface area contributed by atoms with Crippen LogP contribution in [0, 0.1) is 5.92 Å². The van der Waals surface area contributed by atoms with Crippen molar-refractivity contribution in [2.45, 2.75) is 25.9 Å². The summed E-state index contributed by atoms with van der Waals surface area (Å²) in [5, 5.41) is 9.76. The number of ketones is 1. The zero-order valence-corrected chi connectivity index (χ0v) is 10.1. The van der Waals surface area contributed by atoms with Gasteiger partial charge < -0.3 is 9.84 Å². The van der Waals surface area contributed by atoms with Crippen molar-refractivity contribution in [2.24, 2.45) is 5.92 Å². The first-order chi connectivity index (χ1) is 8.22. The van der Waals surface area contributed by atoms with Gasteiger partial charge in [-0.15, -0.1) is 0 Å². The molecule has 0 heterocycles. The number of aliphatic hydroxyl groups is 1. The highest BCUT2D eigenvalue weighted by Gasteiger charge is 2.31. The molecule has 17 heavy (non-hydrogen) atoms. The summed E-state index contributed by atoms with van der Waals surface area (Å²) in [5.74, 6) is 0.0824. The van der Waals surface area contributed by atoms with Crippen molar-refractivity contribution in [3.63, 3.8) is 0 Å². The van der Waals surface area contributed by atoms with E-state index in [1.807, 2.05) is 31.2 Å². The second-order valence-electron chi connectivity index (χ2n) is 4.47. The molecule has 3 nitrogen and oxygen atoms in total. The first-order valence-corrected chi connectivity index (χ1v) is 6.10. The number of benzene rings is 1. The highest BCUT2D eigenvalue weighted by atomic mass is 16.5. The Labute approximate surface area is 101 Å². The molecule has 0 aromatic heterocycles. The summed E-state index contributed by atoms with van der Waals surface area (Å²) in [6, 6.07) is 7.69. The van der Waals surface area contributed by atoms with Gasteiger partial charge in [0.05, 0.1) is 12.7 Å². The number of rotatable bonds is 5. The SMILES string of the molecule is CCOCC(O)CC1Cc2ccccc2C1=O. The molecule has 0 bridgehead atoms. The summed E-state index contributed by atoms with van der Waals surface area (Å²) in [6.07, 6.45) is 0.698. The molecule has 0 amide bonds. The van der Waals surface area contributed by atoms with E-state index in [1.54, 1.807) is 0 Å². The lowest BCUT2D eigenvalue weighted by Gasteiger charge is -2.14. The molecule has 0 radical (unpaired) electrons. The maximum Gasteiger partial charge on any atom is 0.166 e. The van der Waals surface area contributed by atoms with Crippen molar-refractivity contribution in [3.05, 3.63) is 35.4 Å². The Morgan fingerprint density at radius 2 is 2.24 bits per heavy atom. The normalized spacial score (nSPS) is 20.4. The molecule has 3 heteroatoms. The number of hydrogen-bond acceptors (Lipinski definition) is 3. The Kier molecular flexibility index (Phi) is 3.92. The fraction of sp³-hybridized carbons (Fsp3) is 0.500. The standard InChI is InChI=1S/C14H18O3/c1-2-17-9-12(15)8-11-7-10-5-3-4-6-13(10)14(11)16/h3-6,11-12,15H,2,7-9H2,1H3. The summed E-state index contributed by atoms with van der Waals surface area (Å²) in [4.78, 5) is 12.1. The van der Waals surface area contributed by atoms with Crippen LogP contribution >= 0.6 is 0 Å². The van der Waals surface area contributed by atoms with Crippen molar-refractivity contribution in [1.82, 2.24) is 0 Å². The number of aliphatic hydroxyl groups excluding tert-OH is 1. The van der Waals surface area contributed by atoms with E-state index in [1.165, 1.54) is 0 Å². The van der Waals surface area contributed by atoms with Gasteiger partial charge in [0.1, 0.15) is 0 Å². The molecule has 1 aliphatic carbocycles. The van der Waals surface area contributed by atoms with Crippen LogP contribution in [-0.4, -0.2) is 30.2 Å². The van der Waals surface area contributed by atoms with Crippen molar-refractivity contribution >= 4 is 5.78 Å². The Hall–Kier alpha value is -1.19. The van der Waals surface area contributed by atoms with Gasteiger partial charge in [-0.05, 0) is 25.3 Å². The quantitative estimate of drug-likeness (QED) is 0.845. The highest BCUT2D eigenvalue weighted by molar-refractivity contribution is 6.02. The molecule has 1 aliphatic rings. The molecule has 0 saturated heterocycles. The molecule has 0 saturated carbocycles. The third-order valence-electron chi connectivity index (χ3n) is 3.19. The minimum Gasteiger partial charge on any atom is -0.391 e. The van der Waals surface area contributed by atoms with E-state index < -0.39 is 6.10 Å². The molecule has 0 aliphatic heterocycles. The van der Waals surface area contributed by atoms with E-state index in [4.69, 9.17) is 4.74 Å². The largest absolute Gasteiger partial charge is 0.391 e. The van der Waals surface area contributed by atoms with Crippen molar-refractivity contribution in [3.8, 4) is 0 Å². The van der Waals surface area contributed by atoms with E-state index >= 15 is 0 Å². The first kappa shape index (κ1) is 12.3. The second-order valence-corrected chi connectivity index (χ2v) is 4.47. The first-order valence-electron chi connectivity index (χ1n) is 6.10. The third-order valence-corrected chi connectivity index (χ3v) is 3.19. The summed E-state index contributed by atoms with van der Waals surface area (Å²) in [5.41, 5.74) is 1.92. The zero-order chi connectivity index (χ0) is 12.3. The summed E-state index contributed by atoms with van der Waals surface area (Å²) in [7, 11) is 0. The lowest BCUT2D eigenvalue weighted by atomic mass is 9.98. The predicted octanol–water partition coefficient (Wildman–Crippen LogP) is 1.83. The van der Waals surface area contributed by atoms with E-state index in [9.17, 15) is 9.90 Å². The maximum absolute atomic E-state index is 12.1. The maximum atomic E-state index is 12.1. The van der Waals surface area contributed by atoms with Gasteiger partial charge in [-0.1, -0.05) is 24.3 Å². The summed E-state index contributed by atoms with van der Waals surface area (Å²) < 4.78 is 5.16. The number of ether oxygens (including phenoxy) is 1. The number of carbonyl (C=O) groups is 1. The molecule has 2 atom stereocenters. The van der Waals surface area contributed by atoms with Gasteiger partial charge in [-0.3, -0.25) is 4.79 Å². The highest BCUT2D eigenvalue weighted by Crippen LogP contribution is 2.29. The van der Waals surface area contributed by atoms with Crippen LogP contribution in [-0.2, 0) is 11.2 Å². The van der Waals surface area contributed by atoms with Crippen LogP contribution in [0.3, 0.4) is 0 Å². The molecule has 1 N–H and O–H groups in total. The molecule has 92 valence electrons. The van der Waals surface area contributed by atoms with Gasteiger partial charge >= 0.3 is 0 Å². The van der Waals surface area contributed by atoms with Crippen LogP contribution in [0.2, 0.25) is 0 Å². The van der Waals surface area contributed by atoms with Crippen molar-refractivity contribution in [1.29, 1.82) is 0 Å². The van der Waals surface area contributed by atoms with E-state index in [2.05, 4.69) is 0 Å². The minimum absolute atomic E-state index is 0.0807. The van der Waals surface area contributed by atoms with Gasteiger partial charge in [0.25, 0.3) is 0 Å². The lowest BCUT2D eigenvalue weighted by Crippen LogP contribution is -2.22. The molecule has 1 aromatic rings. The lowest BCUT2D eigenvalue weighted by molar-refractivity contribution is 0.0294. The average Bonchev–Trinajstić information content (AvgIpc) is 2.64. The Bertz CT molecular complexity index is 400. The fourth-order valence-electron chi connectivity index (χ4n) is 2.36. The molecular weight excluding hydrogens is 216 g/mol. The van der Waals surface area contributed by atoms with Crippen LogP contribution in [0.15, 0.2) is 24.3 Å². The van der Waals surface area contributed by atoms with Crippen LogP contribution in [0.5, 0.6) is 0 Å². The van der Waals surface area contributed by atoms with Crippen LogP contribution in [0.4, 0.5) is 0 Å². The van der Waals surface area contributed by atoms with Gasteiger partial charge in [0.15, 0.2) is 5.78 Å². The molecule has 1 aromatic carbocycles. The molecule has 2 unspecified atom stereocenters. The topological polar surface area (TPSA) is 46.5 Å². The van der Waals surface area contributed by atoms with Gasteiger partial charge in [0, 0.05) is 18.1 Å². The van der Waals surface area contributed by atoms with Crippen LogP contribution in [0.25, 0.3) is 0 Å². The summed E-state index contributed by atoms with van der Waals surface area (Å²) in [6.45, 7) is 2.80. The number of carbonyl (C=O) groups excluding carboxylic acids is 1. The predicted molar refractivity (Wildman–Crippen MR) is 65.1 cm³/mol. The van der Waals surface area contributed by atoms with Gasteiger partial charge in [0.2, 0.25) is 0 Å². The van der Waals surface area contributed by atoms with Crippen molar-refractivity contribution < 1.29 is 14.6 Å². The smallest absolute Gasteiger partial charge is 0.166 e. The number of Topliss-reactive ketones (excluding diaryl/α,β-unsaturated/α-hetero) is 1. The molecule has 0 spiro atoms. The Balaban J connectivity index is 1.96. The number of fused-ring (bicyclic) bond motifs is 1. The second kappa shape index (κ2) is 5.43. The number of hydrogen-bond donors (Lipinski definition) is 1. The van der Waals surface area contributed by atoms with E-state index in [0.717, 1.165) is 17.5 Å².